The van der Waals surface area contributed by atoms with Gasteiger partial charge in [0.2, 0.25) is 0 Å². The highest BCUT2D eigenvalue weighted by Crippen LogP contribution is 2.37. The summed E-state index contributed by atoms with van der Waals surface area (Å²) in [7, 11) is 0. The average Bonchev–Trinajstić information content (AvgIpc) is 2.26. The third kappa shape index (κ3) is 4.02. The maximum atomic E-state index is 13.0. The van der Waals surface area contributed by atoms with E-state index in [9.17, 15) is 13.2 Å². The van der Waals surface area contributed by atoms with E-state index in [0.29, 0.717) is 6.42 Å². The molecule has 1 rings (SSSR count). The van der Waals surface area contributed by atoms with E-state index in [-0.39, 0.29) is 16.6 Å². The van der Waals surface area contributed by atoms with Gasteiger partial charge in [0.15, 0.2) is 0 Å². The van der Waals surface area contributed by atoms with Gasteiger partial charge in [0, 0.05) is 6.20 Å². The molecule has 1 heterocycles. The maximum absolute atomic E-state index is 13.0. The average molecular weight is 278 g/mol. The predicted molar refractivity (Wildman–Crippen MR) is 67.4 cm³/mol. The number of alkyl halides is 3. The zero-order chi connectivity index (χ0) is 13.8. The smallest absolute Gasteiger partial charge is 0.255 e. The molecule has 18 heavy (non-hydrogen) atoms. The van der Waals surface area contributed by atoms with Gasteiger partial charge in [-0.1, -0.05) is 37.9 Å². The minimum absolute atomic E-state index is 0.0183. The van der Waals surface area contributed by atoms with E-state index in [2.05, 4.69) is 4.98 Å². The molecule has 1 unspecified atom stereocenters. The zero-order valence-corrected chi connectivity index (χ0v) is 11.0. The molecule has 0 spiro atoms. The highest BCUT2D eigenvalue weighted by Gasteiger charge is 2.36. The van der Waals surface area contributed by atoms with Gasteiger partial charge < -0.3 is 0 Å². The van der Waals surface area contributed by atoms with E-state index in [0.717, 1.165) is 6.42 Å². The number of hydrogen-bond acceptors (Lipinski definition) is 1. The first-order valence-corrected chi connectivity index (χ1v) is 6.14. The Kier molecular flexibility index (Phi) is 5.20. The third-order valence-corrected chi connectivity index (χ3v) is 2.82. The molecule has 1 aromatic rings. The van der Waals surface area contributed by atoms with Crippen molar-refractivity contribution < 1.29 is 13.2 Å². The summed E-state index contributed by atoms with van der Waals surface area (Å²) in [5.41, 5.74) is -0.955. The summed E-state index contributed by atoms with van der Waals surface area (Å²) in [4.78, 5) is 3.74. The summed E-state index contributed by atoms with van der Waals surface area (Å²) in [5, 5.41) is 0.0183. The van der Waals surface area contributed by atoms with Crippen molar-refractivity contribution in [1.29, 1.82) is 0 Å². The fraction of sp³-hybridized carbons (Fsp3) is 0.462. The number of aromatic nitrogens is 1. The van der Waals surface area contributed by atoms with Gasteiger partial charge in [-0.05, 0) is 24.5 Å². The molecule has 0 saturated carbocycles. The molecule has 0 fully saturated rings. The summed E-state index contributed by atoms with van der Waals surface area (Å²) in [6.07, 6.45) is -0.397. The van der Waals surface area contributed by atoms with Crippen molar-refractivity contribution in [3.8, 4) is 0 Å². The Hall–Kier alpha value is -1.03. The zero-order valence-electron chi connectivity index (χ0n) is 10.3. The molecule has 0 N–H and O–H groups in total. The summed E-state index contributed by atoms with van der Waals surface area (Å²) < 4.78 is 39.1. The largest absolute Gasteiger partial charge is 0.418 e. The Morgan fingerprint density at radius 2 is 2.17 bits per heavy atom. The second kappa shape index (κ2) is 6.23. The van der Waals surface area contributed by atoms with Gasteiger partial charge in [0.25, 0.3) is 0 Å². The van der Waals surface area contributed by atoms with Crippen molar-refractivity contribution in [2.75, 3.05) is 0 Å². The number of nitrogens with zero attached hydrogens (tertiary/aromatic N) is 1. The van der Waals surface area contributed by atoms with Crippen LogP contribution in [0.25, 0.3) is 5.57 Å². The molecular formula is C13H15ClF3N. The lowest BCUT2D eigenvalue weighted by atomic mass is 10.0. The van der Waals surface area contributed by atoms with Crippen LogP contribution in [0, 0.1) is 5.92 Å². The topological polar surface area (TPSA) is 12.9 Å². The second-order valence-electron chi connectivity index (χ2n) is 4.18. The molecule has 0 aliphatic carbocycles. The summed E-state index contributed by atoms with van der Waals surface area (Å²) >= 11 is 5.78. The molecule has 1 atom stereocenters. The first-order valence-electron chi connectivity index (χ1n) is 5.76. The van der Waals surface area contributed by atoms with Crippen LogP contribution < -0.4 is 0 Å². The molecule has 0 aliphatic heterocycles. The molecule has 0 amide bonds. The van der Waals surface area contributed by atoms with Crippen LogP contribution in [-0.2, 0) is 0 Å². The Balaban J connectivity index is 3.19. The molecule has 1 nitrogen and oxygen atoms in total. The highest BCUT2D eigenvalue weighted by molar-refractivity contribution is 6.32. The number of rotatable bonds is 4. The third-order valence-electron chi connectivity index (χ3n) is 2.51. The fourth-order valence-corrected chi connectivity index (χ4v) is 1.94. The summed E-state index contributed by atoms with van der Waals surface area (Å²) in [6.45, 7) is 3.69. The van der Waals surface area contributed by atoms with Crippen LogP contribution in [0.4, 0.5) is 13.2 Å². The Morgan fingerprint density at radius 3 is 2.67 bits per heavy atom. The molecule has 0 saturated heterocycles. The molecule has 100 valence electrons. The van der Waals surface area contributed by atoms with Crippen LogP contribution >= 0.6 is 11.6 Å². The van der Waals surface area contributed by atoms with E-state index in [1.54, 1.807) is 6.92 Å². The predicted octanol–water partition coefficient (Wildman–Crippen LogP) is 5.12. The number of hydrogen-bond donors (Lipinski definition) is 0. The van der Waals surface area contributed by atoms with Crippen LogP contribution in [-0.4, -0.2) is 11.2 Å². The van der Waals surface area contributed by atoms with Crippen molar-refractivity contribution in [2.45, 2.75) is 32.9 Å². The number of halogens is 4. The minimum atomic E-state index is -4.44. The lowest BCUT2D eigenvalue weighted by Crippen LogP contribution is -2.13. The van der Waals surface area contributed by atoms with Gasteiger partial charge in [0.1, 0.15) is 0 Å². The van der Waals surface area contributed by atoms with Crippen LogP contribution in [0.2, 0.25) is 5.02 Å². The molecule has 1 aromatic heterocycles. The fourth-order valence-electron chi connectivity index (χ4n) is 1.71. The van der Waals surface area contributed by atoms with Gasteiger partial charge in [-0.3, -0.25) is 4.98 Å². The van der Waals surface area contributed by atoms with Crippen molar-refractivity contribution in [1.82, 2.24) is 4.98 Å². The standard InChI is InChI=1S/C13H15ClF3N/c1-3-5-9(2)8-10(13(15,16)17)12-11(14)6-4-7-18-12/h4,6-9H,3,5H2,1-2H3/b10-8-. The molecule has 5 heteroatoms. The molecule has 0 radical (unpaired) electrons. The monoisotopic (exact) mass is 277 g/mol. The van der Waals surface area contributed by atoms with Gasteiger partial charge in [0.05, 0.1) is 16.3 Å². The van der Waals surface area contributed by atoms with E-state index in [1.807, 2.05) is 6.92 Å². The van der Waals surface area contributed by atoms with Crippen LogP contribution in [0.15, 0.2) is 24.4 Å². The molecule has 0 aromatic carbocycles. The van der Waals surface area contributed by atoms with Crippen LogP contribution in [0.5, 0.6) is 0 Å². The van der Waals surface area contributed by atoms with Crippen molar-refractivity contribution in [3.05, 3.63) is 35.1 Å². The van der Waals surface area contributed by atoms with E-state index in [1.165, 1.54) is 24.4 Å². The van der Waals surface area contributed by atoms with Gasteiger partial charge in [-0.2, -0.15) is 13.2 Å². The van der Waals surface area contributed by atoms with Crippen molar-refractivity contribution >= 4 is 17.2 Å². The quantitative estimate of drug-likeness (QED) is 0.744. The van der Waals surface area contributed by atoms with E-state index in [4.69, 9.17) is 11.6 Å². The Labute approximate surface area is 110 Å². The lowest BCUT2D eigenvalue weighted by Gasteiger charge is -2.14. The van der Waals surface area contributed by atoms with E-state index >= 15 is 0 Å². The van der Waals surface area contributed by atoms with Crippen LogP contribution in [0.1, 0.15) is 32.4 Å². The Bertz CT molecular complexity index is 426. The summed E-state index contributed by atoms with van der Waals surface area (Å²) in [6, 6.07) is 2.92. The van der Waals surface area contributed by atoms with E-state index < -0.39 is 11.7 Å². The van der Waals surface area contributed by atoms with Gasteiger partial charge in [-0.15, -0.1) is 0 Å². The van der Waals surface area contributed by atoms with Gasteiger partial charge >= 0.3 is 6.18 Å². The first kappa shape index (κ1) is 15.0. The SMILES string of the molecule is CCCC(C)/C=C(/c1ncccc1Cl)C(F)(F)F. The number of pyridine rings is 1. The van der Waals surface area contributed by atoms with Gasteiger partial charge in [-0.25, -0.2) is 0 Å². The summed E-state index contributed by atoms with van der Waals surface area (Å²) in [5.74, 6) is -0.162. The lowest BCUT2D eigenvalue weighted by molar-refractivity contribution is -0.0694. The second-order valence-corrected chi connectivity index (χ2v) is 4.59. The normalized spacial score (nSPS) is 14.7. The first-order chi connectivity index (χ1) is 8.36. The Morgan fingerprint density at radius 1 is 1.50 bits per heavy atom. The molecular weight excluding hydrogens is 263 g/mol. The maximum Gasteiger partial charge on any atom is 0.418 e. The van der Waals surface area contributed by atoms with Crippen molar-refractivity contribution in [3.63, 3.8) is 0 Å². The highest BCUT2D eigenvalue weighted by atomic mass is 35.5. The molecule has 0 aliphatic rings. The van der Waals surface area contributed by atoms with Crippen molar-refractivity contribution in [2.24, 2.45) is 5.92 Å². The molecule has 0 bridgehead atoms. The van der Waals surface area contributed by atoms with Crippen LogP contribution in [0.3, 0.4) is 0 Å². The minimum Gasteiger partial charge on any atom is -0.255 e. The number of allylic oxidation sites excluding steroid dienone is 2.